The van der Waals surface area contributed by atoms with E-state index < -0.39 is 16.1 Å². The first kappa shape index (κ1) is 18.3. The lowest BCUT2D eigenvalue weighted by Crippen LogP contribution is -2.47. The first-order valence-corrected chi connectivity index (χ1v) is 11.8. The Labute approximate surface area is 166 Å². The standard InChI is InChI=1S/C21H27N3O3S/c1-2-28(26,27)23-11-9-21(10-12-23)8-7-17(20(21)25)19-16-6-4-3-5-15(16)18-13-22-14-24(18)19/h3-6,13-14,17,19-20,25H,2,7-12H2,1H3/t17-,19?,20+/m1/s1. The molecule has 1 spiro atoms. The van der Waals surface area contributed by atoms with Crippen molar-refractivity contribution < 1.29 is 13.5 Å². The second kappa shape index (κ2) is 6.40. The first-order valence-electron chi connectivity index (χ1n) is 10.2. The summed E-state index contributed by atoms with van der Waals surface area (Å²) in [7, 11) is -3.15. The number of imidazole rings is 1. The van der Waals surface area contributed by atoms with Crippen molar-refractivity contribution in [3.8, 4) is 11.3 Å². The molecule has 28 heavy (non-hydrogen) atoms. The summed E-state index contributed by atoms with van der Waals surface area (Å²) >= 11 is 0. The molecule has 1 aromatic heterocycles. The monoisotopic (exact) mass is 401 g/mol. The van der Waals surface area contributed by atoms with Gasteiger partial charge in [-0.2, -0.15) is 0 Å². The fourth-order valence-electron chi connectivity index (χ4n) is 5.79. The van der Waals surface area contributed by atoms with Gasteiger partial charge >= 0.3 is 0 Å². The molecule has 1 N–H and O–H groups in total. The molecule has 2 aliphatic heterocycles. The van der Waals surface area contributed by atoms with Crippen LogP contribution in [-0.4, -0.2) is 52.3 Å². The molecule has 1 unspecified atom stereocenters. The van der Waals surface area contributed by atoms with Crippen LogP contribution in [0.2, 0.25) is 0 Å². The third-order valence-electron chi connectivity index (χ3n) is 7.41. The first-order chi connectivity index (χ1) is 13.5. The van der Waals surface area contributed by atoms with Crippen molar-refractivity contribution in [2.24, 2.45) is 11.3 Å². The van der Waals surface area contributed by atoms with Crippen molar-refractivity contribution in [1.29, 1.82) is 0 Å². The number of aromatic nitrogens is 2. The Morgan fingerprint density at radius 2 is 1.96 bits per heavy atom. The van der Waals surface area contributed by atoms with Crippen LogP contribution in [0.5, 0.6) is 0 Å². The summed E-state index contributed by atoms with van der Waals surface area (Å²) in [5.74, 6) is 0.277. The van der Waals surface area contributed by atoms with Crippen LogP contribution in [0.15, 0.2) is 36.8 Å². The highest BCUT2D eigenvalue weighted by Gasteiger charge is 2.53. The number of piperidine rings is 1. The quantitative estimate of drug-likeness (QED) is 0.858. The van der Waals surface area contributed by atoms with Gasteiger partial charge in [-0.3, -0.25) is 0 Å². The van der Waals surface area contributed by atoms with E-state index in [1.54, 1.807) is 11.2 Å². The minimum atomic E-state index is -3.15. The highest BCUT2D eigenvalue weighted by atomic mass is 32.2. The minimum absolute atomic E-state index is 0.112. The summed E-state index contributed by atoms with van der Waals surface area (Å²) in [6, 6.07) is 8.53. The van der Waals surface area contributed by atoms with E-state index >= 15 is 0 Å². The lowest BCUT2D eigenvalue weighted by Gasteiger charge is -2.42. The molecule has 3 atom stereocenters. The van der Waals surface area contributed by atoms with E-state index in [1.165, 1.54) is 11.1 Å². The molecule has 0 radical (unpaired) electrons. The Morgan fingerprint density at radius 1 is 1.21 bits per heavy atom. The number of sulfonamides is 1. The number of benzene rings is 1. The maximum absolute atomic E-state index is 12.2. The predicted molar refractivity (Wildman–Crippen MR) is 107 cm³/mol. The van der Waals surface area contributed by atoms with Gasteiger partial charge in [-0.25, -0.2) is 17.7 Å². The van der Waals surface area contributed by atoms with E-state index in [0.29, 0.717) is 13.1 Å². The van der Waals surface area contributed by atoms with E-state index in [9.17, 15) is 13.5 Å². The van der Waals surface area contributed by atoms with Crippen molar-refractivity contribution in [2.45, 2.75) is 44.8 Å². The highest BCUT2D eigenvalue weighted by Crippen LogP contribution is 2.55. The van der Waals surface area contributed by atoms with Crippen molar-refractivity contribution in [3.05, 3.63) is 42.4 Å². The topological polar surface area (TPSA) is 75.4 Å². The second-order valence-corrected chi connectivity index (χ2v) is 10.8. The van der Waals surface area contributed by atoms with Gasteiger partial charge in [0.1, 0.15) is 0 Å². The number of aliphatic hydroxyl groups is 1. The number of nitrogens with zero attached hydrogens (tertiary/aromatic N) is 3. The molecule has 6 nitrogen and oxygen atoms in total. The number of fused-ring (bicyclic) bond motifs is 3. The van der Waals surface area contributed by atoms with Crippen molar-refractivity contribution in [3.63, 3.8) is 0 Å². The summed E-state index contributed by atoms with van der Waals surface area (Å²) in [5.41, 5.74) is 3.44. The Hall–Kier alpha value is -1.70. The lowest BCUT2D eigenvalue weighted by molar-refractivity contribution is -0.0145. The van der Waals surface area contributed by atoms with Gasteiger partial charge in [0.2, 0.25) is 10.0 Å². The van der Waals surface area contributed by atoms with E-state index in [-0.39, 0.29) is 23.1 Å². The van der Waals surface area contributed by atoms with E-state index in [4.69, 9.17) is 0 Å². The number of hydrogen-bond donors (Lipinski definition) is 1. The van der Waals surface area contributed by atoms with Gasteiger partial charge < -0.3 is 9.67 Å². The molecule has 3 aliphatic rings. The van der Waals surface area contributed by atoms with Gasteiger partial charge in [0.15, 0.2) is 0 Å². The molecule has 2 aromatic rings. The fourth-order valence-corrected chi connectivity index (χ4v) is 6.90. The van der Waals surface area contributed by atoms with E-state index in [1.807, 2.05) is 12.5 Å². The predicted octanol–water partition coefficient (Wildman–Crippen LogP) is 2.66. The van der Waals surface area contributed by atoms with E-state index in [0.717, 1.165) is 31.4 Å². The van der Waals surface area contributed by atoms with Crippen LogP contribution in [0.1, 0.15) is 44.2 Å². The molecule has 0 bridgehead atoms. The molecule has 7 heteroatoms. The van der Waals surface area contributed by atoms with Crippen molar-refractivity contribution in [2.75, 3.05) is 18.8 Å². The third kappa shape index (κ3) is 2.52. The number of rotatable bonds is 3. The molecular formula is C21H27N3O3S. The van der Waals surface area contributed by atoms with Gasteiger partial charge in [0.25, 0.3) is 0 Å². The average molecular weight is 402 g/mol. The van der Waals surface area contributed by atoms with Crippen molar-refractivity contribution >= 4 is 10.0 Å². The Kier molecular flexibility index (Phi) is 4.19. The maximum atomic E-state index is 12.2. The largest absolute Gasteiger partial charge is 0.392 e. The maximum Gasteiger partial charge on any atom is 0.213 e. The van der Waals surface area contributed by atoms with Crippen LogP contribution in [0.25, 0.3) is 11.3 Å². The zero-order valence-corrected chi connectivity index (χ0v) is 17.0. The SMILES string of the molecule is CCS(=O)(=O)N1CCC2(CC[C@H](C3c4ccccc4-c4cncn43)[C@@H]2O)CC1. The van der Waals surface area contributed by atoms with Crippen LogP contribution >= 0.6 is 0 Å². The molecule has 2 fully saturated rings. The summed E-state index contributed by atoms with van der Waals surface area (Å²) < 4.78 is 28.2. The Balaban J connectivity index is 1.42. The molecule has 3 heterocycles. The summed E-state index contributed by atoms with van der Waals surface area (Å²) in [5, 5.41) is 11.5. The third-order valence-corrected chi connectivity index (χ3v) is 9.29. The van der Waals surface area contributed by atoms with Gasteiger partial charge in [0, 0.05) is 24.6 Å². The summed E-state index contributed by atoms with van der Waals surface area (Å²) in [4.78, 5) is 4.35. The van der Waals surface area contributed by atoms with Crippen LogP contribution in [-0.2, 0) is 10.0 Å². The highest BCUT2D eigenvalue weighted by molar-refractivity contribution is 7.89. The molecule has 150 valence electrons. The minimum Gasteiger partial charge on any atom is -0.392 e. The van der Waals surface area contributed by atoms with Gasteiger partial charge in [0.05, 0.1) is 36.1 Å². The Morgan fingerprint density at radius 3 is 2.71 bits per heavy atom. The molecule has 5 rings (SSSR count). The summed E-state index contributed by atoms with van der Waals surface area (Å²) in [6.07, 6.45) is 6.77. The average Bonchev–Trinajstić information content (AvgIpc) is 3.38. The molecular weight excluding hydrogens is 374 g/mol. The van der Waals surface area contributed by atoms with Gasteiger partial charge in [-0.05, 0) is 43.6 Å². The number of aliphatic hydroxyl groups excluding tert-OH is 1. The molecule has 1 saturated heterocycles. The second-order valence-electron chi connectivity index (χ2n) is 8.53. The van der Waals surface area contributed by atoms with E-state index in [2.05, 4.69) is 33.8 Å². The van der Waals surface area contributed by atoms with Gasteiger partial charge in [-0.15, -0.1) is 0 Å². The van der Waals surface area contributed by atoms with Gasteiger partial charge in [-0.1, -0.05) is 24.3 Å². The molecule has 0 amide bonds. The number of hydrogen-bond acceptors (Lipinski definition) is 4. The summed E-state index contributed by atoms with van der Waals surface area (Å²) in [6.45, 7) is 2.75. The van der Waals surface area contributed by atoms with Crippen molar-refractivity contribution in [1.82, 2.24) is 13.9 Å². The normalized spacial score (nSPS) is 29.1. The smallest absolute Gasteiger partial charge is 0.213 e. The Bertz CT molecular complexity index is 992. The molecule has 1 aliphatic carbocycles. The molecule has 1 saturated carbocycles. The van der Waals surface area contributed by atoms with Crippen LogP contribution in [0, 0.1) is 11.3 Å². The van der Waals surface area contributed by atoms with Crippen LogP contribution < -0.4 is 0 Å². The molecule has 1 aromatic carbocycles. The zero-order chi connectivity index (χ0) is 19.5. The zero-order valence-electron chi connectivity index (χ0n) is 16.2. The fraction of sp³-hybridized carbons (Fsp3) is 0.571. The van der Waals surface area contributed by atoms with Crippen LogP contribution in [0.3, 0.4) is 0 Å². The van der Waals surface area contributed by atoms with Crippen LogP contribution in [0.4, 0.5) is 0 Å². The lowest BCUT2D eigenvalue weighted by atomic mass is 9.73.